The fourth-order valence-corrected chi connectivity index (χ4v) is 4.16. The normalized spacial score (nSPS) is 15.4. The van der Waals surface area contributed by atoms with E-state index in [-0.39, 0.29) is 18.5 Å². The Morgan fingerprint density at radius 3 is 2.42 bits per heavy atom. The van der Waals surface area contributed by atoms with Gasteiger partial charge in [0.2, 0.25) is 5.91 Å². The molecule has 0 saturated carbocycles. The molecule has 200 valence electrons. The fourth-order valence-electron chi connectivity index (χ4n) is 4.16. The summed E-state index contributed by atoms with van der Waals surface area (Å²) in [5.41, 5.74) is 1.76. The molecule has 4 rings (SSSR count). The van der Waals surface area contributed by atoms with Gasteiger partial charge in [-0.1, -0.05) is 35.5 Å². The van der Waals surface area contributed by atoms with Crippen LogP contribution in [0.1, 0.15) is 33.8 Å². The molecular weight excluding hydrogens is 490 g/mol. The van der Waals surface area contributed by atoms with Gasteiger partial charge in [-0.15, -0.1) is 0 Å². The number of morpholine rings is 1. The number of nitrogens with zero attached hydrogens (tertiary/aromatic N) is 3. The molecule has 3 N–H and O–H groups in total. The van der Waals surface area contributed by atoms with E-state index in [2.05, 4.69) is 25.7 Å². The maximum atomic E-state index is 13.2. The van der Waals surface area contributed by atoms with Gasteiger partial charge in [0, 0.05) is 38.0 Å². The number of aromatic nitrogens is 2. The first kappa shape index (κ1) is 27.0. The van der Waals surface area contributed by atoms with Crippen LogP contribution in [0.15, 0.2) is 65.4 Å². The maximum Gasteiger partial charge on any atom is 0.326 e. The molecule has 0 radical (unpaired) electrons. The van der Waals surface area contributed by atoms with E-state index in [9.17, 15) is 19.5 Å². The lowest BCUT2D eigenvalue weighted by atomic mass is 10.0. The van der Waals surface area contributed by atoms with Crippen molar-refractivity contribution in [1.29, 1.82) is 0 Å². The first-order valence-corrected chi connectivity index (χ1v) is 12.5. The number of nitrogens with one attached hydrogen (secondary N) is 2. The minimum Gasteiger partial charge on any atom is -0.480 e. The van der Waals surface area contributed by atoms with E-state index < -0.39 is 29.9 Å². The van der Waals surface area contributed by atoms with Crippen LogP contribution in [-0.2, 0) is 33.7 Å². The monoisotopic (exact) mass is 521 g/mol. The van der Waals surface area contributed by atoms with E-state index in [4.69, 9.17) is 9.26 Å². The maximum absolute atomic E-state index is 13.2. The van der Waals surface area contributed by atoms with E-state index >= 15 is 0 Å². The van der Waals surface area contributed by atoms with Crippen LogP contribution in [0.2, 0.25) is 0 Å². The fraction of sp³-hybridized carbons (Fsp3) is 0.370. The Bertz CT molecular complexity index is 1200. The molecule has 38 heavy (non-hydrogen) atoms. The van der Waals surface area contributed by atoms with Crippen molar-refractivity contribution in [2.24, 2.45) is 0 Å². The minimum absolute atomic E-state index is 0.0531. The third-order valence-electron chi connectivity index (χ3n) is 6.26. The molecular formula is C27H31N5O6. The second-order valence-corrected chi connectivity index (χ2v) is 9.08. The van der Waals surface area contributed by atoms with Gasteiger partial charge < -0.3 is 25.0 Å². The molecule has 3 heterocycles. The minimum atomic E-state index is -1.17. The van der Waals surface area contributed by atoms with Crippen LogP contribution in [0.5, 0.6) is 0 Å². The standard InChI is InChI=1S/C27H31N5O6/c33-25(30-24(27(35)36)16-20-8-10-28-11-9-20)22(7-6-19-4-2-1-3-5-19)29-26(34)23-17-21(38-31-23)18-32-12-14-37-15-13-32/h1-5,8-11,17,22,24H,6-7,12-16,18H2,(H,29,34)(H,30,33)(H,35,36)/t22-,24-/m0/s1. The lowest BCUT2D eigenvalue weighted by molar-refractivity contribution is -0.142. The molecule has 3 aromatic rings. The second kappa shape index (κ2) is 13.5. The molecule has 1 fully saturated rings. The first-order valence-electron chi connectivity index (χ1n) is 12.5. The van der Waals surface area contributed by atoms with Crippen molar-refractivity contribution in [3.63, 3.8) is 0 Å². The molecule has 0 spiro atoms. The molecule has 1 saturated heterocycles. The Morgan fingerprint density at radius 1 is 0.974 bits per heavy atom. The van der Waals surface area contributed by atoms with Crippen molar-refractivity contribution < 1.29 is 28.8 Å². The number of carboxylic acids is 1. The Morgan fingerprint density at radius 2 is 1.71 bits per heavy atom. The summed E-state index contributed by atoms with van der Waals surface area (Å²) >= 11 is 0. The van der Waals surface area contributed by atoms with Crippen molar-refractivity contribution in [3.8, 4) is 0 Å². The number of hydrogen-bond donors (Lipinski definition) is 3. The number of pyridine rings is 1. The van der Waals surface area contributed by atoms with Gasteiger partial charge in [0.1, 0.15) is 12.1 Å². The predicted octanol–water partition coefficient (Wildman–Crippen LogP) is 1.45. The van der Waals surface area contributed by atoms with Crippen molar-refractivity contribution in [1.82, 2.24) is 25.7 Å². The van der Waals surface area contributed by atoms with Gasteiger partial charge >= 0.3 is 5.97 Å². The first-order chi connectivity index (χ1) is 18.5. The molecule has 0 aliphatic carbocycles. The zero-order valence-corrected chi connectivity index (χ0v) is 20.9. The van der Waals surface area contributed by atoms with Gasteiger partial charge in [-0.2, -0.15) is 0 Å². The number of aryl methyl sites for hydroxylation is 1. The summed E-state index contributed by atoms with van der Waals surface area (Å²) in [6.45, 7) is 3.29. The number of carbonyl (C=O) groups excluding carboxylic acids is 2. The Kier molecular flexibility index (Phi) is 9.54. The summed E-state index contributed by atoms with van der Waals surface area (Å²) in [5.74, 6) is -1.80. The van der Waals surface area contributed by atoms with Crippen molar-refractivity contribution >= 4 is 17.8 Å². The van der Waals surface area contributed by atoms with Crippen LogP contribution in [0.3, 0.4) is 0 Å². The lowest BCUT2D eigenvalue weighted by Crippen LogP contribution is -2.52. The summed E-state index contributed by atoms with van der Waals surface area (Å²) in [4.78, 5) is 44.2. The Labute approximate surface area is 220 Å². The molecule has 1 aliphatic heterocycles. The molecule has 11 heteroatoms. The average molecular weight is 522 g/mol. The van der Waals surface area contributed by atoms with Gasteiger partial charge in [0.25, 0.3) is 5.91 Å². The summed E-state index contributed by atoms with van der Waals surface area (Å²) in [5, 5.41) is 18.9. The van der Waals surface area contributed by atoms with Gasteiger partial charge in [0.05, 0.1) is 19.8 Å². The highest BCUT2D eigenvalue weighted by molar-refractivity contribution is 5.96. The molecule has 2 atom stereocenters. The third-order valence-corrected chi connectivity index (χ3v) is 6.26. The van der Waals surface area contributed by atoms with E-state index in [1.165, 1.54) is 0 Å². The number of amides is 2. The summed E-state index contributed by atoms with van der Waals surface area (Å²) in [7, 11) is 0. The van der Waals surface area contributed by atoms with Gasteiger partial charge in [-0.05, 0) is 36.1 Å². The number of hydrogen-bond acceptors (Lipinski definition) is 8. The van der Waals surface area contributed by atoms with Crippen LogP contribution in [0, 0.1) is 0 Å². The van der Waals surface area contributed by atoms with Gasteiger partial charge in [-0.25, -0.2) is 4.79 Å². The molecule has 2 amide bonds. The molecule has 1 aromatic carbocycles. The number of aliphatic carboxylic acids is 1. The number of carbonyl (C=O) groups is 3. The molecule has 0 bridgehead atoms. The zero-order valence-electron chi connectivity index (χ0n) is 20.9. The summed E-state index contributed by atoms with van der Waals surface area (Å²) in [6.07, 6.45) is 3.97. The number of benzene rings is 1. The topological polar surface area (TPSA) is 147 Å². The smallest absolute Gasteiger partial charge is 0.326 e. The predicted molar refractivity (Wildman–Crippen MR) is 136 cm³/mol. The highest BCUT2D eigenvalue weighted by Gasteiger charge is 2.28. The van der Waals surface area contributed by atoms with E-state index in [1.807, 2.05) is 30.3 Å². The Balaban J connectivity index is 1.43. The van der Waals surface area contributed by atoms with E-state index in [1.54, 1.807) is 30.6 Å². The van der Waals surface area contributed by atoms with Gasteiger partial charge in [-0.3, -0.25) is 19.5 Å². The lowest BCUT2D eigenvalue weighted by Gasteiger charge is -2.25. The number of carboxylic acid groups (broad SMARTS) is 1. The third kappa shape index (κ3) is 7.95. The average Bonchev–Trinajstić information content (AvgIpc) is 3.40. The summed E-state index contributed by atoms with van der Waals surface area (Å²) < 4.78 is 10.7. The van der Waals surface area contributed by atoms with Crippen molar-refractivity contribution in [2.45, 2.75) is 37.9 Å². The number of ether oxygens (including phenoxy) is 1. The van der Waals surface area contributed by atoms with Crippen LogP contribution in [0.4, 0.5) is 0 Å². The summed E-state index contributed by atoms with van der Waals surface area (Å²) in [6, 6.07) is 12.3. The second-order valence-electron chi connectivity index (χ2n) is 9.08. The van der Waals surface area contributed by atoms with Crippen LogP contribution < -0.4 is 10.6 Å². The largest absolute Gasteiger partial charge is 0.480 e. The van der Waals surface area contributed by atoms with E-state index in [0.717, 1.165) is 18.7 Å². The van der Waals surface area contributed by atoms with Crippen LogP contribution in [0.25, 0.3) is 0 Å². The SMILES string of the molecule is O=C(N[C@@H](CCc1ccccc1)C(=O)N[C@@H](Cc1ccncc1)C(=O)O)c1cc(CN2CCOCC2)on1. The van der Waals surface area contributed by atoms with E-state index in [0.29, 0.717) is 37.5 Å². The van der Waals surface area contributed by atoms with Crippen molar-refractivity contribution in [3.05, 3.63) is 83.5 Å². The number of rotatable bonds is 12. The van der Waals surface area contributed by atoms with Gasteiger partial charge in [0.15, 0.2) is 11.5 Å². The highest BCUT2D eigenvalue weighted by Crippen LogP contribution is 2.11. The molecule has 11 nitrogen and oxygen atoms in total. The van der Waals surface area contributed by atoms with Crippen LogP contribution in [-0.4, -0.2) is 76.3 Å². The molecule has 2 aromatic heterocycles. The van der Waals surface area contributed by atoms with Crippen molar-refractivity contribution in [2.75, 3.05) is 26.3 Å². The Hall–Kier alpha value is -4.09. The molecule has 0 unspecified atom stereocenters. The molecule has 1 aliphatic rings. The highest BCUT2D eigenvalue weighted by atomic mass is 16.5. The van der Waals surface area contributed by atoms with Crippen LogP contribution >= 0.6 is 0 Å². The quantitative estimate of drug-likeness (QED) is 0.322. The zero-order chi connectivity index (χ0) is 26.7.